The summed E-state index contributed by atoms with van der Waals surface area (Å²) in [4.78, 5) is 0. The second kappa shape index (κ2) is 6.98. The maximum Gasteiger partial charge on any atom is 0.0996 e. The Morgan fingerprint density at radius 2 is 1.00 bits per heavy atom. The minimum Gasteiger partial charge on any atom is -0.227 e. The standard InChI is InChI=1S/C27H35NP2/c1-16-17(2)21(6)26(9,20(16)5)29-25(24-14-12-11-13-15-24)28-30(29)27(10)22(7)18(3)19(4)23(27)8/h11-15H,1-10H3. The van der Waals surface area contributed by atoms with Gasteiger partial charge in [-0.15, -0.1) is 0 Å². The van der Waals surface area contributed by atoms with Gasteiger partial charge in [0.2, 0.25) is 0 Å². The SMILES string of the molecule is CC1=C(C)C(C)(p2nc(-c3ccccc3)p2C2(C)C(C)=C(C)C(C)=C2C)C(C)=C1C. The zero-order valence-corrected chi connectivity index (χ0v) is 22.0. The van der Waals surface area contributed by atoms with Crippen molar-refractivity contribution in [3.05, 3.63) is 74.9 Å². The molecule has 2 atom stereocenters. The molecular weight excluding hydrogens is 400 g/mol. The fourth-order valence-electron chi connectivity index (χ4n) is 5.46. The normalized spacial score (nSPS) is 22.2. The van der Waals surface area contributed by atoms with Gasteiger partial charge in [-0.1, -0.05) is 52.6 Å². The summed E-state index contributed by atoms with van der Waals surface area (Å²) in [5, 5.41) is 0.192. The molecule has 2 aliphatic carbocycles. The van der Waals surface area contributed by atoms with Crippen molar-refractivity contribution in [1.29, 1.82) is 0 Å². The fourth-order valence-corrected chi connectivity index (χ4v) is 15.4. The Balaban J connectivity index is 2.05. The van der Waals surface area contributed by atoms with Crippen LogP contribution in [-0.4, -0.2) is 4.75 Å². The molecule has 158 valence electrons. The predicted molar refractivity (Wildman–Crippen MR) is 136 cm³/mol. The van der Waals surface area contributed by atoms with Crippen LogP contribution >= 0.6 is 14.6 Å². The molecule has 0 bridgehead atoms. The average Bonchev–Trinajstić information content (AvgIpc) is 2.95. The molecule has 0 saturated heterocycles. The molecule has 0 radical (unpaired) electrons. The summed E-state index contributed by atoms with van der Waals surface area (Å²) in [6.07, 6.45) is 0. The lowest BCUT2D eigenvalue weighted by atomic mass is 9.98. The van der Waals surface area contributed by atoms with Crippen LogP contribution in [0.2, 0.25) is 0 Å². The zero-order chi connectivity index (χ0) is 22.2. The van der Waals surface area contributed by atoms with Crippen molar-refractivity contribution in [2.24, 2.45) is 0 Å². The summed E-state index contributed by atoms with van der Waals surface area (Å²) in [7, 11) is -0.958. The number of nitrogens with zero attached hydrogens (tertiary/aromatic N) is 1. The van der Waals surface area contributed by atoms with Gasteiger partial charge in [-0.2, -0.15) is 0 Å². The second-order valence-corrected chi connectivity index (χ2v) is 15.5. The highest BCUT2D eigenvalue weighted by Crippen LogP contribution is 2.80. The molecule has 2 aliphatic rings. The van der Waals surface area contributed by atoms with Crippen molar-refractivity contribution in [2.45, 2.75) is 79.5 Å². The average molecular weight is 436 g/mol. The van der Waals surface area contributed by atoms with Gasteiger partial charge >= 0.3 is 0 Å². The van der Waals surface area contributed by atoms with Gasteiger partial charge in [-0.3, -0.25) is 0 Å². The molecule has 1 aromatic carbocycles. The lowest BCUT2D eigenvalue weighted by Crippen LogP contribution is -2.23. The van der Waals surface area contributed by atoms with Crippen LogP contribution < -0.4 is 0 Å². The number of allylic oxidation sites excluding steroid dienone is 8. The van der Waals surface area contributed by atoms with Gasteiger partial charge in [0.15, 0.2) is 0 Å². The van der Waals surface area contributed by atoms with E-state index in [1.165, 1.54) is 33.3 Å². The van der Waals surface area contributed by atoms with E-state index in [1.54, 1.807) is 22.3 Å². The first-order valence-electron chi connectivity index (χ1n) is 11.0. The number of benzene rings is 1. The van der Waals surface area contributed by atoms with Crippen LogP contribution in [0.5, 0.6) is 0 Å². The third kappa shape index (κ3) is 2.52. The molecule has 2 unspecified atom stereocenters. The van der Waals surface area contributed by atoms with E-state index in [4.69, 9.17) is 4.75 Å². The van der Waals surface area contributed by atoms with E-state index < -0.39 is 14.6 Å². The summed E-state index contributed by atoms with van der Waals surface area (Å²) in [5.74, 6) is 0. The summed E-state index contributed by atoms with van der Waals surface area (Å²) >= 11 is 0. The molecule has 0 saturated carbocycles. The van der Waals surface area contributed by atoms with Gasteiger partial charge in [0.25, 0.3) is 0 Å². The minimum atomic E-state index is -0.522. The highest BCUT2D eigenvalue weighted by Gasteiger charge is 2.49. The third-order valence-corrected chi connectivity index (χ3v) is 17.8. The molecule has 1 aromatic heterocycles. The van der Waals surface area contributed by atoms with Crippen molar-refractivity contribution >= 4 is 14.6 Å². The Morgan fingerprint density at radius 3 is 1.43 bits per heavy atom. The van der Waals surface area contributed by atoms with Crippen LogP contribution in [0, 0.1) is 0 Å². The van der Waals surface area contributed by atoms with Crippen LogP contribution in [0.1, 0.15) is 69.2 Å². The van der Waals surface area contributed by atoms with Crippen LogP contribution in [-0.2, 0) is 10.3 Å². The highest BCUT2D eigenvalue weighted by atomic mass is 31.9. The van der Waals surface area contributed by atoms with Crippen LogP contribution in [0.4, 0.5) is 0 Å². The van der Waals surface area contributed by atoms with Crippen molar-refractivity contribution in [3.63, 3.8) is 0 Å². The Bertz CT molecular complexity index is 1130. The molecule has 0 spiro atoms. The maximum absolute atomic E-state index is 5.50. The molecule has 0 N–H and O–H groups in total. The number of rotatable bonds is 3. The first-order valence-corrected chi connectivity index (χ1v) is 14.3. The summed E-state index contributed by atoms with van der Waals surface area (Å²) in [6, 6.07) is 10.9. The van der Waals surface area contributed by atoms with Gasteiger partial charge in [0, 0.05) is 12.9 Å². The van der Waals surface area contributed by atoms with Crippen molar-refractivity contribution in [2.75, 3.05) is 0 Å². The minimum absolute atomic E-state index is 0.0848. The Kier molecular flexibility index (Phi) is 5.04. The fraction of sp³-hybridized carbons (Fsp3) is 0.444. The highest BCUT2D eigenvalue weighted by molar-refractivity contribution is 8.11. The Labute approximate surface area is 184 Å². The smallest absolute Gasteiger partial charge is 0.0996 e. The molecule has 1 nitrogen and oxygen atoms in total. The molecule has 30 heavy (non-hydrogen) atoms. The molecule has 3 heteroatoms. The topological polar surface area (TPSA) is 12.9 Å². The molecule has 0 amide bonds. The summed E-state index contributed by atoms with van der Waals surface area (Å²) in [5.41, 5.74) is 14.9. The van der Waals surface area contributed by atoms with Crippen molar-refractivity contribution in [3.8, 4) is 11.0 Å². The lowest BCUT2D eigenvalue weighted by Gasteiger charge is -2.42. The first kappa shape index (κ1) is 21.7. The van der Waals surface area contributed by atoms with Gasteiger partial charge in [0.05, 0.1) is 15.7 Å². The molecule has 0 fully saturated rings. The van der Waals surface area contributed by atoms with E-state index >= 15 is 0 Å². The predicted octanol–water partition coefficient (Wildman–Crippen LogP) is 9.52. The molecule has 1 heterocycles. The van der Waals surface area contributed by atoms with Gasteiger partial charge < -0.3 is 0 Å². The lowest BCUT2D eigenvalue weighted by molar-refractivity contribution is 0.781. The quantitative estimate of drug-likeness (QED) is 0.468. The zero-order valence-electron chi connectivity index (χ0n) is 20.2. The largest absolute Gasteiger partial charge is 0.227 e. The van der Waals surface area contributed by atoms with E-state index in [-0.39, 0.29) is 10.3 Å². The van der Waals surface area contributed by atoms with Crippen molar-refractivity contribution in [1.82, 2.24) is 4.75 Å². The number of aromatic nitrogens is 1. The van der Waals surface area contributed by atoms with E-state index in [1.807, 2.05) is 0 Å². The first-order chi connectivity index (χ1) is 14.0. The monoisotopic (exact) mass is 435 g/mol. The molecule has 0 aliphatic heterocycles. The maximum atomic E-state index is 5.50. The number of hydrogen-bond donors (Lipinski definition) is 0. The van der Waals surface area contributed by atoms with E-state index in [2.05, 4.69) is 99.6 Å². The van der Waals surface area contributed by atoms with Gasteiger partial charge in [-0.25, -0.2) is 4.75 Å². The van der Waals surface area contributed by atoms with Crippen molar-refractivity contribution < 1.29 is 0 Å². The van der Waals surface area contributed by atoms with Crippen LogP contribution in [0.15, 0.2) is 74.9 Å². The molecule has 4 rings (SSSR count). The Morgan fingerprint density at radius 1 is 0.600 bits per heavy atom. The summed E-state index contributed by atoms with van der Waals surface area (Å²) in [6.45, 7) is 23.7. The van der Waals surface area contributed by atoms with Crippen LogP contribution in [0.25, 0.3) is 11.0 Å². The van der Waals surface area contributed by atoms with Gasteiger partial charge in [0.1, 0.15) is 0 Å². The number of hydrogen-bond acceptors (Lipinski definition) is 1. The van der Waals surface area contributed by atoms with Gasteiger partial charge in [-0.05, 0) is 98.7 Å². The van der Waals surface area contributed by atoms with Crippen LogP contribution in [0.3, 0.4) is 0 Å². The third-order valence-electron chi connectivity index (χ3n) is 8.73. The van der Waals surface area contributed by atoms with E-state index in [0.717, 1.165) is 0 Å². The van der Waals surface area contributed by atoms with E-state index in [0.29, 0.717) is 0 Å². The van der Waals surface area contributed by atoms with E-state index in [9.17, 15) is 0 Å². The molecule has 2 aromatic rings. The second-order valence-electron chi connectivity index (χ2n) is 9.54. The summed E-state index contributed by atoms with van der Waals surface area (Å²) < 4.78 is 5.50. The Hall–Kier alpha value is -1.55. The molecular formula is C27H35NP2.